The van der Waals surface area contributed by atoms with Gasteiger partial charge in [-0.05, 0) is 30.2 Å². The monoisotopic (exact) mass is 282 g/mol. The molecule has 7 heteroatoms. The van der Waals surface area contributed by atoms with E-state index in [2.05, 4.69) is 20.3 Å². The Hall–Kier alpha value is -1.95. The summed E-state index contributed by atoms with van der Waals surface area (Å²) in [5, 5.41) is 2.94. The number of anilines is 1. The van der Waals surface area contributed by atoms with Crippen LogP contribution in [0.2, 0.25) is 5.28 Å². The highest BCUT2D eigenvalue weighted by atomic mass is 35.5. The van der Waals surface area contributed by atoms with Crippen molar-refractivity contribution in [2.45, 2.75) is 13.3 Å². The summed E-state index contributed by atoms with van der Waals surface area (Å²) in [6, 6.07) is 5.93. The van der Waals surface area contributed by atoms with E-state index in [1.54, 1.807) is 12.1 Å². The van der Waals surface area contributed by atoms with Crippen LogP contribution in [0.1, 0.15) is 13.3 Å². The first-order valence-electron chi connectivity index (χ1n) is 5.77. The molecule has 0 radical (unpaired) electrons. The van der Waals surface area contributed by atoms with E-state index >= 15 is 0 Å². The maximum atomic E-state index is 13.4. The van der Waals surface area contributed by atoms with Gasteiger partial charge in [-0.1, -0.05) is 19.1 Å². The van der Waals surface area contributed by atoms with Crippen molar-refractivity contribution in [1.29, 1.82) is 0 Å². The van der Waals surface area contributed by atoms with Gasteiger partial charge in [0.2, 0.25) is 11.2 Å². The van der Waals surface area contributed by atoms with E-state index in [4.69, 9.17) is 16.3 Å². The molecule has 100 valence electrons. The van der Waals surface area contributed by atoms with Gasteiger partial charge >= 0.3 is 6.01 Å². The molecule has 0 unspecified atom stereocenters. The second-order valence-electron chi connectivity index (χ2n) is 3.67. The molecule has 1 aromatic heterocycles. The molecule has 0 saturated carbocycles. The quantitative estimate of drug-likeness (QED) is 0.912. The summed E-state index contributed by atoms with van der Waals surface area (Å²) >= 11 is 5.76. The Morgan fingerprint density at radius 2 is 2.05 bits per heavy atom. The molecule has 0 aliphatic carbocycles. The SMILES string of the molecule is CCCNc1nc(Cl)nc(Oc2ccccc2F)n1. The van der Waals surface area contributed by atoms with Crippen LogP contribution in [0.3, 0.4) is 0 Å². The number of nitrogens with zero attached hydrogens (tertiary/aromatic N) is 3. The van der Waals surface area contributed by atoms with Crippen LogP contribution in [-0.2, 0) is 0 Å². The largest absolute Gasteiger partial charge is 0.421 e. The van der Waals surface area contributed by atoms with Crippen molar-refractivity contribution in [3.05, 3.63) is 35.4 Å². The van der Waals surface area contributed by atoms with Gasteiger partial charge in [-0.3, -0.25) is 0 Å². The molecule has 19 heavy (non-hydrogen) atoms. The average molecular weight is 283 g/mol. The number of hydrogen-bond acceptors (Lipinski definition) is 5. The van der Waals surface area contributed by atoms with Crippen molar-refractivity contribution in [2.24, 2.45) is 0 Å². The van der Waals surface area contributed by atoms with Crippen molar-refractivity contribution in [2.75, 3.05) is 11.9 Å². The summed E-state index contributed by atoms with van der Waals surface area (Å²) < 4.78 is 18.7. The van der Waals surface area contributed by atoms with Gasteiger partial charge in [0.25, 0.3) is 0 Å². The van der Waals surface area contributed by atoms with Crippen LogP contribution >= 0.6 is 11.6 Å². The Balaban J connectivity index is 2.20. The molecule has 0 amide bonds. The van der Waals surface area contributed by atoms with Gasteiger partial charge < -0.3 is 10.1 Å². The van der Waals surface area contributed by atoms with Crippen LogP contribution < -0.4 is 10.1 Å². The van der Waals surface area contributed by atoms with Gasteiger partial charge in [0, 0.05) is 6.54 Å². The molecule has 0 fully saturated rings. The van der Waals surface area contributed by atoms with Gasteiger partial charge in [0.05, 0.1) is 0 Å². The van der Waals surface area contributed by atoms with Crippen LogP contribution in [0.4, 0.5) is 10.3 Å². The summed E-state index contributed by atoms with van der Waals surface area (Å²) in [6.45, 7) is 2.70. The normalized spacial score (nSPS) is 10.3. The number of rotatable bonds is 5. The summed E-state index contributed by atoms with van der Waals surface area (Å²) in [6.07, 6.45) is 0.910. The Kier molecular flexibility index (Phi) is 4.46. The van der Waals surface area contributed by atoms with Gasteiger partial charge in [0.15, 0.2) is 11.6 Å². The zero-order valence-electron chi connectivity index (χ0n) is 10.2. The van der Waals surface area contributed by atoms with Gasteiger partial charge in [-0.25, -0.2) is 4.39 Å². The predicted octanol–water partition coefficient (Wildman–Crippen LogP) is 3.28. The van der Waals surface area contributed by atoms with Crippen LogP contribution in [-0.4, -0.2) is 21.5 Å². The summed E-state index contributed by atoms with van der Waals surface area (Å²) in [5.41, 5.74) is 0. The topological polar surface area (TPSA) is 59.9 Å². The Bertz CT molecular complexity index is 567. The maximum Gasteiger partial charge on any atom is 0.328 e. The molecule has 5 nitrogen and oxygen atoms in total. The zero-order chi connectivity index (χ0) is 13.7. The predicted molar refractivity (Wildman–Crippen MR) is 70.1 cm³/mol. The second kappa shape index (κ2) is 6.29. The molecule has 0 spiro atoms. The highest BCUT2D eigenvalue weighted by Gasteiger charge is 2.09. The van der Waals surface area contributed by atoms with E-state index in [1.807, 2.05) is 6.92 Å². The molecule has 0 aliphatic rings. The van der Waals surface area contributed by atoms with E-state index in [9.17, 15) is 4.39 Å². The van der Waals surface area contributed by atoms with E-state index in [0.29, 0.717) is 12.5 Å². The first-order valence-corrected chi connectivity index (χ1v) is 6.14. The summed E-state index contributed by atoms with van der Waals surface area (Å²) in [4.78, 5) is 11.7. The third-order valence-electron chi connectivity index (χ3n) is 2.16. The second-order valence-corrected chi connectivity index (χ2v) is 4.01. The number of ether oxygens (including phenoxy) is 1. The van der Waals surface area contributed by atoms with Gasteiger partial charge in [-0.15, -0.1) is 0 Å². The molecule has 1 N–H and O–H groups in total. The average Bonchev–Trinajstić information content (AvgIpc) is 2.38. The zero-order valence-corrected chi connectivity index (χ0v) is 11.0. The van der Waals surface area contributed by atoms with Crippen molar-refractivity contribution >= 4 is 17.5 Å². The molecule has 1 aromatic carbocycles. The van der Waals surface area contributed by atoms with E-state index in [-0.39, 0.29) is 17.0 Å². The molecule has 1 heterocycles. The lowest BCUT2D eigenvalue weighted by Gasteiger charge is -2.07. The van der Waals surface area contributed by atoms with Gasteiger partial charge in [-0.2, -0.15) is 15.0 Å². The first-order chi connectivity index (χ1) is 9.19. The third kappa shape index (κ3) is 3.75. The molecule has 0 atom stereocenters. The van der Waals surface area contributed by atoms with Crippen molar-refractivity contribution in [1.82, 2.24) is 15.0 Å². The molecule has 2 rings (SSSR count). The molecular weight excluding hydrogens is 271 g/mol. The number of hydrogen-bond donors (Lipinski definition) is 1. The fourth-order valence-corrected chi connectivity index (χ4v) is 1.47. The number of benzene rings is 1. The van der Waals surface area contributed by atoms with Crippen molar-refractivity contribution in [3.8, 4) is 11.8 Å². The van der Waals surface area contributed by atoms with Gasteiger partial charge in [0.1, 0.15) is 0 Å². The van der Waals surface area contributed by atoms with Crippen molar-refractivity contribution in [3.63, 3.8) is 0 Å². The minimum Gasteiger partial charge on any atom is -0.421 e. The first kappa shape index (κ1) is 13.5. The lowest BCUT2D eigenvalue weighted by atomic mass is 10.3. The molecule has 2 aromatic rings. The number of aromatic nitrogens is 3. The smallest absolute Gasteiger partial charge is 0.328 e. The Labute approximate surface area is 114 Å². The molecule has 0 bridgehead atoms. The van der Waals surface area contributed by atoms with Crippen LogP contribution in [0.5, 0.6) is 11.8 Å². The number of halogens is 2. The summed E-state index contributed by atoms with van der Waals surface area (Å²) in [5.74, 6) is -0.165. The van der Waals surface area contributed by atoms with Crippen LogP contribution in [0.15, 0.2) is 24.3 Å². The Morgan fingerprint density at radius 1 is 1.26 bits per heavy atom. The van der Waals surface area contributed by atoms with Crippen molar-refractivity contribution < 1.29 is 9.13 Å². The highest BCUT2D eigenvalue weighted by molar-refractivity contribution is 6.28. The molecular formula is C12H12ClFN4O. The van der Waals surface area contributed by atoms with E-state index in [1.165, 1.54) is 12.1 Å². The number of nitrogens with one attached hydrogen (secondary N) is 1. The number of para-hydroxylation sites is 1. The highest BCUT2D eigenvalue weighted by Crippen LogP contribution is 2.22. The lowest BCUT2D eigenvalue weighted by molar-refractivity contribution is 0.410. The third-order valence-corrected chi connectivity index (χ3v) is 2.33. The van der Waals surface area contributed by atoms with E-state index in [0.717, 1.165) is 6.42 Å². The van der Waals surface area contributed by atoms with E-state index < -0.39 is 5.82 Å². The molecule has 0 aliphatic heterocycles. The minimum atomic E-state index is -0.498. The van der Waals surface area contributed by atoms with Crippen LogP contribution in [0, 0.1) is 5.82 Å². The minimum absolute atomic E-state index is 0.0139. The fourth-order valence-electron chi connectivity index (χ4n) is 1.32. The Morgan fingerprint density at radius 3 is 2.79 bits per heavy atom. The van der Waals surface area contributed by atoms with Crippen LogP contribution in [0.25, 0.3) is 0 Å². The fraction of sp³-hybridized carbons (Fsp3) is 0.250. The maximum absolute atomic E-state index is 13.4. The standard InChI is InChI=1S/C12H12ClFN4O/c1-2-7-15-11-16-10(13)17-12(18-11)19-9-6-4-3-5-8(9)14/h3-6H,2,7H2,1H3,(H,15,16,17,18). The summed E-state index contributed by atoms with van der Waals surface area (Å²) in [7, 11) is 0. The lowest BCUT2D eigenvalue weighted by Crippen LogP contribution is -2.06. The molecule has 0 saturated heterocycles.